The fraction of sp³-hybridized carbons (Fsp3) is 0.529. The largest absolute Gasteiger partial charge is 0.383 e. The Morgan fingerprint density at radius 1 is 1.25 bits per heavy atom. The molecule has 24 heavy (non-hydrogen) atoms. The highest BCUT2D eigenvalue weighted by molar-refractivity contribution is 5.81. The second kappa shape index (κ2) is 8.65. The lowest BCUT2D eigenvalue weighted by atomic mass is 10.1. The van der Waals surface area contributed by atoms with Crippen LogP contribution in [0, 0.1) is 0 Å². The number of piperazine rings is 1. The molecule has 3 N–H and O–H groups in total. The van der Waals surface area contributed by atoms with Crippen LogP contribution in [0.25, 0.3) is 0 Å². The monoisotopic (exact) mass is 334 g/mol. The maximum atomic E-state index is 11.9. The number of amides is 2. The summed E-state index contributed by atoms with van der Waals surface area (Å²) in [6.07, 6.45) is 0. The lowest BCUT2D eigenvalue weighted by Crippen LogP contribution is -2.48. The number of rotatable bonds is 6. The number of hydrogen-bond acceptors (Lipinski definition) is 5. The number of hydrogen-bond donors (Lipinski definition) is 2. The summed E-state index contributed by atoms with van der Waals surface area (Å²) in [7, 11) is 1.52. The molecule has 1 aliphatic heterocycles. The summed E-state index contributed by atoms with van der Waals surface area (Å²) in [4.78, 5) is 27.5. The lowest BCUT2D eigenvalue weighted by molar-refractivity contribution is -0.129. The predicted molar refractivity (Wildman–Crippen MR) is 92.6 cm³/mol. The van der Waals surface area contributed by atoms with Crippen LogP contribution >= 0.6 is 0 Å². The van der Waals surface area contributed by atoms with Crippen molar-refractivity contribution in [3.63, 3.8) is 0 Å². The zero-order valence-corrected chi connectivity index (χ0v) is 14.3. The van der Waals surface area contributed by atoms with Gasteiger partial charge in [0.25, 0.3) is 0 Å². The van der Waals surface area contributed by atoms with Crippen molar-refractivity contribution in [2.45, 2.75) is 19.5 Å². The molecule has 0 radical (unpaired) electrons. The highest BCUT2D eigenvalue weighted by Crippen LogP contribution is 2.21. The standard InChI is InChI=1S/C17H26N4O3/c1-13(22)20-7-9-21(10-8-20)16-6-4-3-5-14(16)11-19-17(23)15(18)12-24-2/h3-6,15H,7-12,18H2,1-2H3,(H,19,23). The van der Waals surface area contributed by atoms with Gasteiger partial charge in [0.05, 0.1) is 6.61 Å². The first-order valence-electron chi connectivity index (χ1n) is 8.13. The smallest absolute Gasteiger partial charge is 0.239 e. The van der Waals surface area contributed by atoms with Gasteiger partial charge < -0.3 is 25.6 Å². The summed E-state index contributed by atoms with van der Waals surface area (Å²) >= 11 is 0. The molecule has 0 aliphatic carbocycles. The van der Waals surface area contributed by atoms with E-state index in [1.807, 2.05) is 29.2 Å². The Hall–Kier alpha value is -2.12. The Bertz CT molecular complexity index is 571. The van der Waals surface area contributed by atoms with Crippen molar-refractivity contribution in [1.82, 2.24) is 10.2 Å². The second-order valence-corrected chi connectivity index (χ2v) is 5.90. The average Bonchev–Trinajstić information content (AvgIpc) is 2.60. The van der Waals surface area contributed by atoms with Crippen LogP contribution in [0.15, 0.2) is 24.3 Å². The number of para-hydroxylation sites is 1. The molecule has 1 fully saturated rings. The van der Waals surface area contributed by atoms with Crippen molar-refractivity contribution < 1.29 is 14.3 Å². The van der Waals surface area contributed by atoms with E-state index < -0.39 is 6.04 Å². The molecule has 1 aromatic rings. The van der Waals surface area contributed by atoms with E-state index in [2.05, 4.69) is 10.2 Å². The topological polar surface area (TPSA) is 87.9 Å². The average molecular weight is 334 g/mol. The maximum Gasteiger partial charge on any atom is 0.239 e. The summed E-state index contributed by atoms with van der Waals surface area (Å²) in [6, 6.07) is 7.30. The van der Waals surface area contributed by atoms with Gasteiger partial charge in [0.1, 0.15) is 6.04 Å². The third-order valence-corrected chi connectivity index (χ3v) is 4.19. The van der Waals surface area contributed by atoms with E-state index in [9.17, 15) is 9.59 Å². The number of carbonyl (C=O) groups excluding carboxylic acids is 2. The van der Waals surface area contributed by atoms with Crippen molar-refractivity contribution in [2.75, 3.05) is 44.8 Å². The Labute approximate surface area is 142 Å². The maximum absolute atomic E-state index is 11.9. The first kappa shape index (κ1) is 18.2. The molecule has 7 heteroatoms. The minimum atomic E-state index is -0.665. The summed E-state index contributed by atoms with van der Waals surface area (Å²) < 4.78 is 4.90. The summed E-state index contributed by atoms with van der Waals surface area (Å²) in [5.41, 5.74) is 7.85. The van der Waals surface area contributed by atoms with Crippen molar-refractivity contribution in [3.05, 3.63) is 29.8 Å². The van der Waals surface area contributed by atoms with Crippen LogP contribution in [-0.4, -0.2) is 62.7 Å². The number of carbonyl (C=O) groups is 2. The zero-order chi connectivity index (χ0) is 17.5. The van der Waals surface area contributed by atoms with E-state index in [1.165, 1.54) is 7.11 Å². The SMILES string of the molecule is COCC(N)C(=O)NCc1ccccc1N1CCN(C(C)=O)CC1. The van der Waals surface area contributed by atoms with E-state index in [1.54, 1.807) is 6.92 Å². The number of nitrogens with two attached hydrogens (primary N) is 1. The van der Waals surface area contributed by atoms with Gasteiger partial charge in [-0.15, -0.1) is 0 Å². The molecule has 1 unspecified atom stereocenters. The quantitative estimate of drug-likeness (QED) is 0.761. The molecular weight excluding hydrogens is 308 g/mol. The zero-order valence-electron chi connectivity index (χ0n) is 14.3. The second-order valence-electron chi connectivity index (χ2n) is 5.90. The Morgan fingerprint density at radius 2 is 1.92 bits per heavy atom. The molecule has 0 bridgehead atoms. The molecule has 1 atom stereocenters. The fourth-order valence-electron chi connectivity index (χ4n) is 2.80. The van der Waals surface area contributed by atoms with Crippen LogP contribution in [0.4, 0.5) is 5.69 Å². The number of nitrogens with zero attached hydrogens (tertiary/aromatic N) is 2. The van der Waals surface area contributed by atoms with Gasteiger partial charge in [-0.05, 0) is 11.6 Å². The molecule has 0 spiro atoms. The molecule has 2 amide bonds. The minimum absolute atomic E-state index is 0.113. The van der Waals surface area contributed by atoms with Crippen molar-refractivity contribution in [3.8, 4) is 0 Å². The van der Waals surface area contributed by atoms with Crippen LogP contribution in [-0.2, 0) is 20.9 Å². The van der Waals surface area contributed by atoms with Gasteiger partial charge in [0.15, 0.2) is 0 Å². The van der Waals surface area contributed by atoms with Gasteiger partial charge in [0.2, 0.25) is 11.8 Å². The molecule has 0 saturated carbocycles. The minimum Gasteiger partial charge on any atom is -0.383 e. The molecule has 2 rings (SSSR count). The van der Waals surface area contributed by atoms with Crippen LogP contribution in [0.3, 0.4) is 0 Å². The normalized spacial score (nSPS) is 16.0. The van der Waals surface area contributed by atoms with Gasteiger partial charge in [-0.1, -0.05) is 18.2 Å². The number of nitrogens with one attached hydrogen (secondary N) is 1. The highest BCUT2D eigenvalue weighted by Gasteiger charge is 2.21. The van der Waals surface area contributed by atoms with E-state index in [0.717, 1.165) is 37.4 Å². The fourth-order valence-corrected chi connectivity index (χ4v) is 2.80. The van der Waals surface area contributed by atoms with Gasteiger partial charge in [-0.25, -0.2) is 0 Å². The van der Waals surface area contributed by atoms with Gasteiger partial charge in [0, 0.05) is 52.4 Å². The highest BCUT2D eigenvalue weighted by atomic mass is 16.5. The van der Waals surface area contributed by atoms with E-state index in [-0.39, 0.29) is 18.4 Å². The molecule has 1 aliphatic rings. The molecule has 7 nitrogen and oxygen atoms in total. The Morgan fingerprint density at radius 3 is 2.54 bits per heavy atom. The summed E-state index contributed by atoms with van der Waals surface area (Å²) in [5, 5.41) is 2.85. The third kappa shape index (κ3) is 4.69. The van der Waals surface area contributed by atoms with Crippen molar-refractivity contribution in [2.24, 2.45) is 5.73 Å². The van der Waals surface area contributed by atoms with Gasteiger partial charge >= 0.3 is 0 Å². The van der Waals surface area contributed by atoms with Crippen molar-refractivity contribution in [1.29, 1.82) is 0 Å². The molecular formula is C17H26N4O3. The van der Waals surface area contributed by atoms with E-state index >= 15 is 0 Å². The van der Waals surface area contributed by atoms with Crippen molar-refractivity contribution >= 4 is 17.5 Å². The first-order chi connectivity index (χ1) is 11.5. The number of benzene rings is 1. The van der Waals surface area contributed by atoms with Crippen LogP contribution in [0.1, 0.15) is 12.5 Å². The number of ether oxygens (including phenoxy) is 1. The Kier molecular flexibility index (Phi) is 6.57. The molecule has 1 heterocycles. The molecule has 1 saturated heterocycles. The molecule has 132 valence electrons. The van der Waals surface area contributed by atoms with Gasteiger partial charge in [-0.2, -0.15) is 0 Å². The van der Waals surface area contributed by atoms with Crippen LogP contribution in [0.5, 0.6) is 0 Å². The first-order valence-corrected chi connectivity index (χ1v) is 8.13. The van der Waals surface area contributed by atoms with E-state index in [0.29, 0.717) is 6.54 Å². The summed E-state index contributed by atoms with van der Waals surface area (Å²) in [5.74, 6) is -0.115. The van der Waals surface area contributed by atoms with E-state index in [4.69, 9.17) is 10.5 Å². The lowest BCUT2D eigenvalue weighted by Gasteiger charge is -2.36. The van der Waals surface area contributed by atoms with Crippen LogP contribution < -0.4 is 16.0 Å². The summed E-state index contributed by atoms with van der Waals surface area (Å²) in [6.45, 7) is 5.22. The number of methoxy groups -OCH3 is 1. The molecule has 0 aromatic heterocycles. The third-order valence-electron chi connectivity index (χ3n) is 4.19. The number of anilines is 1. The van der Waals surface area contributed by atoms with Crippen LogP contribution in [0.2, 0.25) is 0 Å². The molecule has 1 aromatic carbocycles. The predicted octanol–water partition coefficient (Wildman–Crippen LogP) is -0.0550. The Balaban J connectivity index is 1.98. The van der Waals surface area contributed by atoms with Gasteiger partial charge in [-0.3, -0.25) is 9.59 Å².